The molecule has 9 heteroatoms. The van der Waals surface area contributed by atoms with Gasteiger partial charge in [0.05, 0.1) is 6.61 Å². The molecule has 0 amide bonds. The van der Waals surface area contributed by atoms with Crippen LogP contribution in [0.2, 0.25) is 5.02 Å². The number of ketones is 1. The van der Waals surface area contributed by atoms with Crippen LogP contribution in [0, 0.1) is 18.8 Å². The topological polar surface area (TPSA) is 75.7 Å². The molecule has 0 unspecified atom stereocenters. The first-order chi connectivity index (χ1) is 16.8. The summed E-state index contributed by atoms with van der Waals surface area (Å²) in [5.74, 6) is 1.66. The second-order valence-corrected chi connectivity index (χ2v) is 12.8. The van der Waals surface area contributed by atoms with Gasteiger partial charge in [-0.3, -0.25) is 4.79 Å². The van der Waals surface area contributed by atoms with Gasteiger partial charge in [-0.05, 0) is 98.4 Å². The van der Waals surface area contributed by atoms with Crippen molar-refractivity contribution in [2.24, 2.45) is 11.8 Å². The number of sulfonamides is 1. The quantitative estimate of drug-likeness (QED) is 0.262. The van der Waals surface area contributed by atoms with E-state index in [1.54, 1.807) is 6.07 Å². The zero-order valence-corrected chi connectivity index (χ0v) is 22.0. The Balaban J connectivity index is 1.08. The number of halogens is 1. The van der Waals surface area contributed by atoms with Crippen molar-refractivity contribution < 1.29 is 17.9 Å². The summed E-state index contributed by atoms with van der Waals surface area (Å²) in [5, 5.41) is 3.29. The normalized spacial score (nSPS) is 18.9. The number of hydrogen-bond donors (Lipinski definition) is 1. The SMILES string of the molecule is Cc1c(S(=O)(=O)NN2CC[C@@H](CCCOc3ccc(C(=O)C4CC4)cc3)C2)sc2ccc(Cl)cc12. The Hall–Kier alpha value is -1.97. The number of nitrogens with zero attached hydrogens (tertiary/aromatic N) is 1. The highest BCUT2D eigenvalue weighted by Crippen LogP contribution is 2.36. The number of thiophene rings is 1. The number of rotatable bonds is 10. The van der Waals surface area contributed by atoms with Gasteiger partial charge in [0.2, 0.25) is 0 Å². The van der Waals surface area contributed by atoms with E-state index in [1.807, 2.05) is 48.3 Å². The Morgan fingerprint density at radius 2 is 1.94 bits per heavy atom. The molecule has 35 heavy (non-hydrogen) atoms. The number of nitrogens with one attached hydrogen (secondary N) is 1. The highest BCUT2D eigenvalue weighted by atomic mass is 35.5. The number of benzene rings is 2. The molecule has 5 rings (SSSR count). The number of carbonyl (C=O) groups excluding carboxylic acids is 1. The fourth-order valence-electron chi connectivity index (χ4n) is 4.65. The van der Waals surface area contributed by atoms with Crippen molar-refractivity contribution in [3.63, 3.8) is 0 Å². The minimum absolute atomic E-state index is 0.227. The van der Waals surface area contributed by atoms with Gasteiger partial charge in [0, 0.05) is 34.3 Å². The lowest BCUT2D eigenvalue weighted by Crippen LogP contribution is -2.40. The summed E-state index contributed by atoms with van der Waals surface area (Å²) in [7, 11) is -3.64. The predicted molar refractivity (Wildman–Crippen MR) is 140 cm³/mol. The van der Waals surface area contributed by atoms with Crippen LogP contribution >= 0.6 is 22.9 Å². The zero-order chi connectivity index (χ0) is 24.6. The van der Waals surface area contributed by atoms with Crippen molar-refractivity contribution in [1.82, 2.24) is 9.84 Å². The fourth-order valence-corrected chi connectivity index (χ4v) is 7.66. The molecule has 2 fully saturated rings. The van der Waals surface area contributed by atoms with Gasteiger partial charge in [0.1, 0.15) is 9.96 Å². The van der Waals surface area contributed by atoms with Crippen molar-refractivity contribution in [2.75, 3.05) is 19.7 Å². The van der Waals surface area contributed by atoms with Crippen molar-refractivity contribution in [1.29, 1.82) is 0 Å². The van der Waals surface area contributed by atoms with Crippen LogP contribution in [0.4, 0.5) is 0 Å². The van der Waals surface area contributed by atoms with Crippen molar-refractivity contribution in [3.8, 4) is 5.75 Å². The molecule has 1 aliphatic carbocycles. The Bertz CT molecular complexity index is 1330. The lowest BCUT2D eigenvalue weighted by Gasteiger charge is -2.17. The first-order valence-corrected chi connectivity index (χ1v) is 14.7. The van der Waals surface area contributed by atoms with E-state index in [9.17, 15) is 13.2 Å². The average molecular weight is 533 g/mol. The van der Waals surface area contributed by atoms with Gasteiger partial charge in [-0.25, -0.2) is 13.4 Å². The van der Waals surface area contributed by atoms with E-state index in [2.05, 4.69) is 4.83 Å². The Morgan fingerprint density at radius 1 is 1.17 bits per heavy atom. The summed E-state index contributed by atoms with van der Waals surface area (Å²) >= 11 is 7.37. The van der Waals surface area contributed by atoms with Gasteiger partial charge >= 0.3 is 0 Å². The molecule has 0 bridgehead atoms. The molecule has 1 aliphatic heterocycles. The van der Waals surface area contributed by atoms with Crippen LogP contribution in [0.5, 0.6) is 5.75 Å². The summed E-state index contributed by atoms with van der Waals surface area (Å²) in [6.45, 7) is 3.81. The number of hydrazine groups is 1. The summed E-state index contributed by atoms with van der Waals surface area (Å²) in [5.41, 5.74) is 1.50. The number of Topliss-reactive ketones (excluding diaryl/α,β-unsaturated/α-hetero) is 1. The lowest BCUT2D eigenvalue weighted by atomic mass is 10.0. The largest absolute Gasteiger partial charge is 0.494 e. The van der Waals surface area contributed by atoms with Crippen LogP contribution in [-0.4, -0.2) is 38.9 Å². The van der Waals surface area contributed by atoms with Crippen molar-refractivity contribution >= 4 is 48.8 Å². The van der Waals surface area contributed by atoms with Gasteiger partial charge in [0.15, 0.2) is 5.78 Å². The highest BCUT2D eigenvalue weighted by molar-refractivity contribution is 7.91. The molecule has 2 heterocycles. The molecule has 1 N–H and O–H groups in total. The van der Waals surface area contributed by atoms with Gasteiger partial charge < -0.3 is 4.74 Å². The number of aryl methyl sites for hydroxylation is 1. The molecule has 1 atom stereocenters. The third kappa shape index (κ3) is 5.73. The molecule has 2 aliphatic rings. The number of fused-ring (bicyclic) bond motifs is 1. The monoisotopic (exact) mass is 532 g/mol. The fraction of sp³-hybridized carbons (Fsp3) is 0.423. The number of ether oxygens (including phenoxy) is 1. The van der Waals surface area contributed by atoms with Crippen molar-refractivity contribution in [2.45, 2.75) is 43.2 Å². The molecule has 186 valence electrons. The Labute approximate surface area is 215 Å². The average Bonchev–Trinajstić information content (AvgIpc) is 3.52. The molecule has 0 radical (unpaired) electrons. The van der Waals surface area contributed by atoms with E-state index in [1.165, 1.54) is 11.3 Å². The minimum Gasteiger partial charge on any atom is -0.494 e. The summed E-state index contributed by atoms with van der Waals surface area (Å²) in [6, 6.07) is 12.9. The summed E-state index contributed by atoms with van der Waals surface area (Å²) < 4.78 is 33.3. The Kier molecular flexibility index (Phi) is 7.19. The minimum atomic E-state index is -3.64. The van der Waals surface area contributed by atoms with Crippen LogP contribution in [0.1, 0.15) is 48.0 Å². The predicted octanol–water partition coefficient (Wildman–Crippen LogP) is 5.83. The summed E-state index contributed by atoms with van der Waals surface area (Å²) in [4.78, 5) is 14.9. The van der Waals surface area contributed by atoms with Crippen LogP contribution in [0.15, 0.2) is 46.7 Å². The van der Waals surface area contributed by atoms with Gasteiger partial charge in [-0.1, -0.05) is 11.6 Å². The standard InChI is InChI=1S/C26H29ClN2O4S2/c1-17-23-15-21(27)8-11-24(23)34-26(17)35(31,32)28-29-13-12-18(16-29)3-2-14-33-22-9-6-20(7-10-22)25(30)19-4-5-19/h6-11,15,18-19,28H,2-5,12-14,16H2,1H3/t18-/m1/s1. The van der Waals surface area contributed by atoms with Gasteiger partial charge in [-0.15, -0.1) is 16.2 Å². The molecule has 3 aromatic rings. The molecule has 2 aromatic carbocycles. The van der Waals surface area contributed by atoms with Gasteiger partial charge in [0.25, 0.3) is 10.0 Å². The lowest BCUT2D eigenvalue weighted by molar-refractivity contribution is 0.0967. The first-order valence-electron chi connectivity index (χ1n) is 12.0. The molecular weight excluding hydrogens is 504 g/mol. The molecular formula is C26H29ClN2O4S2. The maximum Gasteiger partial charge on any atom is 0.263 e. The van der Waals surface area contributed by atoms with E-state index in [4.69, 9.17) is 16.3 Å². The van der Waals surface area contributed by atoms with E-state index >= 15 is 0 Å². The van der Waals surface area contributed by atoms with Crippen LogP contribution in [-0.2, 0) is 10.0 Å². The molecule has 1 saturated carbocycles. The number of carbonyl (C=O) groups is 1. The Morgan fingerprint density at radius 3 is 2.69 bits per heavy atom. The smallest absolute Gasteiger partial charge is 0.263 e. The number of hydrogen-bond acceptors (Lipinski definition) is 6. The maximum absolute atomic E-state index is 13.1. The van der Waals surface area contributed by atoms with Crippen LogP contribution < -0.4 is 9.57 Å². The van der Waals surface area contributed by atoms with E-state index < -0.39 is 10.0 Å². The van der Waals surface area contributed by atoms with Crippen molar-refractivity contribution in [3.05, 3.63) is 58.6 Å². The second kappa shape index (κ2) is 10.2. The van der Waals surface area contributed by atoms with Gasteiger partial charge in [-0.2, -0.15) is 0 Å². The van der Waals surface area contributed by atoms with Crippen LogP contribution in [0.25, 0.3) is 10.1 Å². The molecule has 0 spiro atoms. The van der Waals surface area contributed by atoms with Crippen LogP contribution in [0.3, 0.4) is 0 Å². The van der Waals surface area contributed by atoms with E-state index in [-0.39, 0.29) is 11.7 Å². The zero-order valence-electron chi connectivity index (χ0n) is 19.6. The highest BCUT2D eigenvalue weighted by Gasteiger charge is 2.30. The molecule has 1 saturated heterocycles. The van der Waals surface area contributed by atoms with E-state index in [0.29, 0.717) is 34.8 Å². The molecule has 1 aromatic heterocycles. The first kappa shape index (κ1) is 24.7. The third-order valence-corrected chi connectivity index (χ3v) is 10.2. The van der Waals surface area contributed by atoms with E-state index in [0.717, 1.165) is 59.1 Å². The second-order valence-electron chi connectivity index (χ2n) is 9.50. The third-order valence-electron chi connectivity index (χ3n) is 6.75. The molecule has 6 nitrogen and oxygen atoms in total. The summed E-state index contributed by atoms with van der Waals surface area (Å²) in [6.07, 6.45) is 4.83. The maximum atomic E-state index is 13.1.